The number of hydrogen-bond donors (Lipinski definition) is 0. The molecular formula is C20H17N3O9S. The number of carbonyl (C=O) groups excluding carboxylic acids is 3. The topological polar surface area (TPSA) is 153 Å². The summed E-state index contributed by atoms with van der Waals surface area (Å²) in [6.07, 6.45) is 1.22. The minimum atomic E-state index is -4.60. The Morgan fingerprint density at radius 3 is 2.15 bits per heavy atom. The Labute approximate surface area is 187 Å². The number of benzene rings is 2. The minimum absolute atomic E-state index is 0.0833. The van der Waals surface area contributed by atoms with Crippen LogP contribution in [0.1, 0.15) is 5.56 Å². The van der Waals surface area contributed by atoms with Gasteiger partial charge in [-0.1, -0.05) is 18.2 Å². The lowest BCUT2D eigenvalue weighted by Gasteiger charge is -2.28. The summed E-state index contributed by atoms with van der Waals surface area (Å²) in [6, 6.07) is 7.76. The number of ether oxygens (including phenoxy) is 1. The van der Waals surface area contributed by atoms with E-state index in [0.717, 1.165) is 21.9 Å². The quantitative estimate of drug-likeness (QED) is 0.200. The highest BCUT2D eigenvalue weighted by molar-refractivity contribution is 7.87. The van der Waals surface area contributed by atoms with Crippen LogP contribution in [0.4, 0.5) is 10.5 Å². The molecule has 0 unspecified atom stereocenters. The van der Waals surface area contributed by atoms with Crippen LogP contribution < -0.4 is 8.92 Å². The van der Waals surface area contributed by atoms with Crippen molar-refractivity contribution in [3.8, 4) is 11.5 Å². The number of carbonyl (C=O) groups is 3. The first-order chi connectivity index (χ1) is 15.5. The van der Waals surface area contributed by atoms with Crippen LogP contribution in [0, 0.1) is 10.1 Å². The molecule has 0 aliphatic carbocycles. The first-order valence-corrected chi connectivity index (χ1v) is 10.6. The second-order valence-corrected chi connectivity index (χ2v) is 8.26. The molecule has 172 valence electrons. The van der Waals surface area contributed by atoms with Crippen LogP contribution in [-0.2, 0) is 19.7 Å². The van der Waals surface area contributed by atoms with Crippen molar-refractivity contribution in [2.24, 2.45) is 0 Å². The van der Waals surface area contributed by atoms with Crippen molar-refractivity contribution < 1.29 is 36.6 Å². The second-order valence-electron chi connectivity index (χ2n) is 6.74. The van der Waals surface area contributed by atoms with Crippen LogP contribution in [0.2, 0.25) is 0 Å². The number of rotatable bonds is 6. The van der Waals surface area contributed by atoms with E-state index in [2.05, 4.69) is 0 Å². The van der Waals surface area contributed by atoms with Gasteiger partial charge in [-0.2, -0.15) is 8.42 Å². The number of likely N-dealkylation sites (N-methyl/N-ethyl adjacent to an activating group) is 2. The molecule has 1 aliphatic rings. The average molecular weight is 475 g/mol. The molecule has 0 aromatic heterocycles. The van der Waals surface area contributed by atoms with Crippen LogP contribution in [0.5, 0.6) is 11.5 Å². The van der Waals surface area contributed by atoms with Crippen LogP contribution in [-0.4, -0.2) is 62.2 Å². The highest BCUT2D eigenvalue weighted by Gasteiger charge is 2.37. The number of methoxy groups -OCH3 is 1. The Morgan fingerprint density at radius 2 is 1.58 bits per heavy atom. The van der Waals surface area contributed by atoms with E-state index in [-0.39, 0.29) is 22.6 Å². The van der Waals surface area contributed by atoms with Gasteiger partial charge in [-0.3, -0.25) is 29.5 Å². The van der Waals surface area contributed by atoms with Gasteiger partial charge in [0.05, 0.1) is 12.0 Å². The van der Waals surface area contributed by atoms with E-state index in [1.54, 1.807) is 0 Å². The zero-order chi connectivity index (χ0) is 24.5. The SMILES string of the molecule is COc1cc(C=C2C(=O)N(C)C(=O)N(C)C2=O)ccc1OS(=O)(=O)c1ccccc1[N+](=O)[O-]. The molecule has 13 heteroatoms. The maximum Gasteiger partial charge on any atom is 0.346 e. The predicted octanol–water partition coefficient (Wildman–Crippen LogP) is 1.80. The highest BCUT2D eigenvalue weighted by Crippen LogP contribution is 2.33. The summed E-state index contributed by atoms with van der Waals surface area (Å²) in [6.45, 7) is 0. The molecule has 0 spiro atoms. The van der Waals surface area contributed by atoms with Gasteiger partial charge < -0.3 is 8.92 Å². The van der Waals surface area contributed by atoms with Gasteiger partial charge >= 0.3 is 16.1 Å². The molecule has 12 nitrogen and oxygen atoms in total. The predicted molar refractivity (Wildman–Crippen MR) is 113 cm³/mol. The Balaban J connectivity index is 1.98. The van der Waals surface area contributed by atoms with Crippen molar-refractivity contribution in [1.29, 1.82) is 0 Å². The lowest BCUT2D eigenvalue weighted by Crippen LogP contribution is -2.52. The Morgan fingerprint density at radius 1 is 0.970 bits per heavy atom. The van der Waals surface area contributed by atoms with E-state index in [4.69, 9.17) is 8.92 Å². The van der Waals surface area contributed by atoms with Gasteiger partial charge in [-0.25, -0.2) is 4.79 Å². The van der Waals surface area contributed by atoms with Crippen molar-refractivity contribution in [2.45, 2.75) is 4.90 Å². The summed E-state index contributed by atoms with van der Waals surface area (Å²) in [7, 11) is -0.908. The zero-order valence-electron chi connectivity index (χ0n) is 17.5. The molecule has 1 aliphatic heterocycles. The molecule has 2 aromatic carbocycles. The molecule has 1 heterocycles. The van der Waals surface area contributed by atoms with Gasteiger partial charge in [0, 0.05) is 20.2 Å². The lowest BCUT2D eigenvalue weighted by molar-refractivity contribution is -0.387. The van der Waals surface area contributed by atoms with Gasteiger partial charge in [0.15, 0.2) is 16.4 Å². The first kappa shape index (κ1) is 23.4. The van der Waals surface area contributed by atoms with Gasteiger partial charge in [-0.05, 0) is 29.8 Å². The molecule has 0 atom stereocenters. The van der Waals surface area contributed by atoms with E-state index >= 15 is 0 Å². The number of imide groups is 2. The molecule has 33 heavy (non-hydrogen) atoms. The van der Waals surface area contributed by atoms with Crippen molar-refractivity contribution in [3.05, 3.63) is 63.7 Å². The molecule has 0 saturated carbocycles. The molecule has 1 saturated heterocycles. The summed E-state index contributed by atoms with van der Waals surface area (Å²) in [5.74, 6) is -1.97. The fourth-order valence-electron chi connectivity index (χ4n) is 2.97. The first-order valence-electron chi connectivity index (χ1n) is 9.15. The van der Waals surface area contributed by atoms with Gasteiger partial charge in [0.1, 0.15) is 5.57 Å². The highest BCUT2D eigenvalue weighted by atomic mass is 32.2. The number of barbiturate groups is 1. The van der Waals surface area contributed by atoms with Crippen LogP contribution in [0.25, 0.3) is 6.08 Å². The molecular weight excluding hydrogens is 458 g/mol. The second kappa shape index (κ2) is 8.70. The third kappa shape index (κ3) is 4.39. The third-order valence-electron chi connectivity index (χ3n) is 4.67. The van der Waals surface area contributed by atoms with Crippen LogP contribution in [0.3, 0.4) is 0 Å². The molecule has 0 radical (unpaired) electrons. The Hall–Kier alpha value is -4.26. The van der Waals surface area contributed by atoms with Crippen molar-refractivity contribution in [2.75, 3.05) is 21.2 Å². The lowest BCUT2D eigenvalue weighted by atomic mass is 10.1. The Bertz CT molecular complexity index is 1290. The number of hydrogen-bond acceptors (Lipinski definition) is 9. The van der Waals surface area contributed by atoms with Crippen molar-refractivity contribution in [3.63, 3.8) is 0 Å². The molecule has 0 bridgehead atoms. The van der Waals surface area contributed by atoms with Crippen molar-refractivity contribution in [1.82, 2.24) is 9.80 Å². The van der Waals surface area contributed by atoms with Gasteiger partial charge in [0.2, 0.25) is 0 Å². The van der Waals surface area contributed by atoms with Gasteiger partial charge in [-0.15, -0.1) is 0 Å². The monoisotopic (exact) mass is 475 g/mol. The molecule has 4 amide bonds. The number of urea groups is 1. The smallest absolute Gasteiger partial charge is 0.346 e. The summed E-state index contributed by atoms with van der Waals surface area (Å²) in [5.41, 5.74) is -0.673. The van der Waals surface area contributed by atoms with E-state index in [0.29, 0.717) is 0 Å². The fraction of sp³-hybridized carbons (Fsp3) is 0.150. The number of para-hydroxylation sites is 1. The molecule has 2 aromatic rings. The normalized spacial score (nSPS) is 14.4. The maximum atomic E-state index is 12.7. The standard InChI is InChI=1S/C20H17N3O9S/c1-21-18(24)13(19(25)22(2)20(21)26)10-12-8-9-15(16(11-12)31-3)32-33(29,30)17-7-5-4-6-14(17)23(27)28/h4-11H,1-3H3. The molecule has 0 N–H and O–H groups in total. The maximum absolute atomic E-state index is 12.7. The molecule has 3 rings (SSSR count). The van der Waals surface area contributed by atoms with E-state index in [9.17, 15) is 32.9 Å². The summed E-state index contributed by atoms with van der Waals surface area (Å²) >= 11 is 0. The number of nitrogens with zero attached hydrogens (tertiary/aromatic N) is 3. The number of amides is 4. The minimum Gasteiger partial charge on any atom is -0.493 e. The third-order valence-corrected chi connectivity index (χ3v) is 5.96. The van der Waals surface area contributed by atoms with Crippen LogP contribution in [0.15, 0.2) is 52.9 Å². The van der Waals surface area contributed by atoms with Crippen molar-refractivity contribution >= 4 is 39.7 Å². The number of nitro groups is 1. The summed E-state index contributed by atoms with van der Waals surface area (Å²) < 4.78 is 35.5. The number of nitro benzene ring substituents is 1. The largest absolute Gasteiger partial charge is 0.493 e. The van der Waals surface area contributed by atoms with Crippen LogP contribution >= 0.6 is 0 Å². The fourth-order valence-corrected chi connectivity index (χ4v) is 4.07. The Kier molecular flexibility index (Phi) is 6.17. The van der Waals surface area contributed by atoms with E-state index < -0.39 is 43.5 Å². The average Bonchev–Trinajstić information content (AvgIpc) is 2.79. The van der Waals surface area contributed by atoms with E-state index in [1.165, 1.54) is 57.6 Å². The zero-order valence-corrected chi connectivity index (χ0v) is 18.4. The summed E-state index contributed by atoms with van der Waals surface area (Å²) in [5, 5.41) is 11.2. The summed E-state index contributed by atoms with van der Waals surface area (Å²) in [4.78, 5) is 47.8. The molecule has 1 fully saturated rings. The van der Waals surface area contributed by atoms with E-state index in [1.807, 2.05) is 0 Å². The van der Waals surface area contributed by atoms with Gasteiger partial charge in [0.25, 0.3) is 17.5 Å².